The zero-order valence-corrected chi connectivity index (χ0v) is 7.89. The summed E-state index contributed by atoms with van der Waals surface area (Å²) >= 11 is 9.73. The standard InChI is InChI=1S/C5H3BrClNOS/c6-3-1-2-4(10-3)8-5(7)9/h1-2H,(H,8,9). The summed E-state index contributed by atoms with van der Waals surface area (Å²) in [5.41, 5.74) is 0. The lowest BCUT2D eigenvalue weighted by Crippen LogP contribution is -1.97. The molecule has 0 saturated heterocycles. The van der Waals surface area contributed by atoms with E-state index in [1.165, 1.54) is 11.3 Å². The molecule has 0 aromatic carbocycles. The number of rotatable bonds is 1. The molecular formula is C5H3BrClNOS. The molecule has 0 aliphatic carbocycles. The third kappa shape index (κ3) is 2.28. The highest BCUT2D eigenvalue weighted by Gasteiger charge is 1.98. The zero-order valence-electron chi connectivity index (χ0n) is 4.73. The third-order valence-corrected chi connectivity index (χ3v) is 2.43. The number of anilines is 1. The van der Waals surface area contributed by atoms with Gasteiger partial charge in [-0.25, -0.2) is 0 Å². The van der Waals surface area contributed by atoms with E-state index in [0.717, 1.165) is 8.79 Å². The van der Waals surface area contributed by atoms with Crippen LogP contribution < -0.4 is 5.32 Å². The van der Waals surface area contributed by atoms with Gasteiger partial charge in [-0.1, -0.05) is 0 Å². The van der Waals surface area contributed by atoms with Gasteiger partial charge in [0.25, 0.3) is 0 Å². The lowest BCUT2D eigenvalue weighted by Gasteiger charge is -1.90. The van der Waals surface area contributed by atoms with Gasteiger partial charge >= 0.3 is 5.37 Å². The minimum atomic E-state index is -0.561. The minimum absolute atomic E-state index is 0.561. The van der Waals surface area contributed by atoms with Gasteiger partial charge < -0.3 is 5.32 Å². The largest absolute Gasteiger partial charge is 0.318 e. The van der Waals surface area contributed by atoms with Gasteiger partial charge in [0.1, 0.15) is 0 Å². The van der Waals surface area contributed by atoms with E-state index in [4.69, 9.17) is 11.6 Å². The normalized spacial score (nSPS) is 9.40. The molecule has 0 aliphatic heterocycles. The smallest absolute Gasteiger partial charge is 0.304 e. The Hall–Kier alpha value is -0.0600. The summed E-state index contributed by atoms with van der Waals surface area (Å²) in [6.07, 6.45) is 0. The molecular weight excluding hydrogens is 237 g/mol. The molecule has 0 aliphatic rings. The molecule has 0 bridgehead atoms. The first-order valence-electron chi connectivity index (χ1n) is 2.40. The van der Waals surface area contributed by atoms with Crippen molar-refractivity contribution in [1.82, 2.24) is 0 Å². The first-order chi connectivity index (χ1) is 4.68. The summed E-state index contributed by atoms with van der Waals surface area (Å²) in [4.78, 5) is 10.3. The predicted octanol–water partition coefficient (Wildman–Crippen LogP) is 3.28. The van der Waals surface area contributed by atoms with E-state index < -0.39 is 5.37 Å². The Morgan fingerprint density at radius 1 is 1.70 bits per heavy atom. The number of hydrogen-bond acceptors (Lipinski definition) is 2. The summed E-state index contributed by atoms with van der Waals surface area (Å²) in [6, 6.07) is 3.61. The van der Waals surface area contributed by atoms with E-state index in [1.54, 1.807) is 6.07 Å². The summed E-state index contributed by atoms with van der Waals surface area (Å²) in [7, 11) is 0. The van der Waals surface area contributed by atoms with Gasteiger partial charge in [0.05, 0.1) is 8.79 Å². The number of halogens is 2. The van der Waals surface area contributed by atoms with Crippen LogP contribution in [-0.2, 0) is 0 Å². The molecule has 54 valence electrons. The van der Waals surface area contributed by atoms with Crippen LogP contribution in [0.5, 0.6) is 0 Å². The fourth-order valence-electron chi connectivity index (χ4n) is 0.478. The van der Waals surface area contributed by atoms with E-state index in [9.17, 15) is 4.79 Å². The molecule has 1 rings (SSSR count). The van der Waals surface area contributed by atoms with Crippen LogP contribution in [0.25, 0.3) is 0 Å². The Morgan fingerprint density at radius 3 is 2.80 bits per heavy atom. The molecule has 1 N–H and O–H groups in total. The lowest BCUT2D eigenvalue weighted by atomic mass is 10.6. The van der Waals surface area contributed by atoms with Crippen LogP contribution in [0.1, 0.15) is 0 Å². The van der Waals surface area contributed by atoms with Crippen molar-refractivity contribution in [2.24, 2.45) is 0 Å². The van der Waals surface area contributed by atoms with E-state index in [0.29, 0.717) is 0 Å². The maximum absolute atomic E-state index is 10.3. The number of carbonyl (C=O) groups excluding carboxylic acids is 1. The topological polar surface area (TPSA) is 29.1 Å². The van der Waals surface area contributed by atoms with Gasteiger partial charge in [-0.15, -0.1) is 11.3 Å². The quantitative estimate of drug-likeness (QED) is 0.592. The Morgan fingerprint density at radius 2 is 2.40 bits per heavy atom. The van der Waals surface area contributed by atoms with E-state index in [2.05, 4.69) is 21.2 Å². The van der Waals surface area contributed by atoms with Crippen LogP contribution in [0.2, 0.25) is 0 Å². The fraction of sp³-hybridized carbons (Fsp3) is 0. The van der Waals surface area contributed by atoms with Gasteiger partial charge in [0.15, 0.2) is 0 Å². The van der Waals surface area contributed by atoms with Crippen molar-refractivity contribution >= 4 is 49.2 Å². The lowest BCUT2D eigenvalue weighted by molar-refractivity contribution is 0.269. The molecule has 5 heteroatoms. The van der Waals surface area contributed by atoms with Crippen molar-refractivity contribution < 1.29 is 4.79 Å². The molecule has 0 unspecified atom stereocenters. The molecule has 1 aromatic rings. The summed E-state index contributed by atoms with van der Waals surface area (Å²) < 4.78 is 0.966. The van der Waals surface area contributed by atoms with E-state index >= 15 is 0 Å². The van der Waals surface area contributed by atoms with Gasteiger partial charge in [0.2, 0.25) is 0 Å². The first kappa shape index (κ1) is 8.04. The zero-order chi connectivity index (χ0) is 7.56. The van der Waals surface area contributed by atoms with Crippen LogP contribution >= 0.6 is 38.9 Å². The molecule has 0 atom stereocenters. The minimum Gasteiger partial charge on any atom is -0.304 e. The van der Waals surface area contributed by atoms with Crippen molar-refractivity contribution in [3.05, 3.63) is 15.9 Å². The van der Waals surface area contributed by atoms with Crippen LogP contribution in [-0.4, -0.2) is 5.37 Å². The Bertz CT molecular complexity index is 250. The van der Waals surface area contributed by atoms with Crippen LogP contribution in [0, 0.1) is 0 Å². The van der Waals surface area contributed by atoms with Crippen molar-refractivity contribution in [1.29, 1.82) is 0 Å². The van der Waals surface area contributed by atoms with Crippen molar-refractivity contribution in [3.8, 4) is 0 Å². The number of amides is 1. The maximum Gasteiger partial charge on any atom is 0.318 e. The van der Waals surface area contributed by atoms with Crippen molar-refractivity contribution in [2.75, 3.05) is 5.32 Å². The Balaban J connectivity index is 2.67. The average Bonchev–Trinajstić information content (AvgIpc) is 2.13. The number of nitrogens with one attached hydrogen (secondary N) is 1. The first-order valence-corrected chi connectivity index (χ1v) is 4.39. The second-order valence-corrected chi connectivity index (χ2v) is 4.31. The highest BCUT2D eigenvalue weighted by atomic mass is 79.9. The van der Waals surface area contributed by atoms with Crippen molar-refractivity contribution in [3.63, 3.8) is 0 Å². The monoisotopic (exact) mass is 239 g/mol. The highest BCUT2D eigenvalue weighted by molar-refractivity contribution is 9.11. The summed E-state index contributed by atoms with van der Waals surface area (Å²) in [5, 5.41) is 2.62. The SMILES string of the molecule is O=C(Cl)Nc1ccc(Br)s1. The van der Waals surface area contributed by atoms with Gasteiger partial charge in [-0.2, -0.15) is 0 Å². The molecule has 0 spiro atoms. The summed E-state index contributed by atoms with van der Waals surface area (Å²) in [5.74, 6) is 0. The molecule has 1 amide bonds. The highest BCUT2D eigenvalue weighted by Crippen LogP contribution is 2.26. The number of hydrogen-bond donors (Lipinski definition) is 1. The summed E-state index contributed by atoms with van der Waals surface area (Å²) in [6.45, 7) is 0. The van der Waals surface area contributed by atoms with Crippen LogP contribution in [0.3, 0.4) is 0 Å². The Kier molecular flexibility index (Phi) is 2.71. The van der Waals surface area contributed by atoms with Gasteiger partial charge in [-0.3, -0.25) is 4.79 Å². The van der Waals surface area contributed by atoms with Crippen LogP contribution in [0.4, 0.5) is 9.80 Å². The number of carbonyl (C=O) groups is 1. The molecule has 2 nitrogen and oxygen atoms in total. The van der Waals surface area contributed by atoms with Crippen molar-refractivity contribution in [2.45, 2.75) is 0 Å². The van der Waals surface area contributed by atoms with E-state index in [-0.39, 0.29) is 0 Å². The fourth-order valence-corrected chi connectivity index (χ4v) is 1.92. The van der Waals surface area contributed by atoms with Gasteiger partial charge in [-0.05, 0) is 39.7 Å². The van der Waals surface area contributed by atoms with Crippen LogP contribution in [0.15, 0.2) is 15.9 Å². The second kappa shape index (κ2) is 3.37. The molecule has 1 heterocycles. The molecule has 0 radical (unpaired) electrons. The molecule has 1 aromatic heterocycles. The second-order valence-electron chi connectivity index (χ2n) is 1.50. The van der Waals surface area contributed by atoms with E-state index in [1.807, 2.05) is 6.07 Å². The van der Waals surface area contributed by atoms with Gasteiger partial charge in [0, 0.05) is 0 Å². The third-order valence-electron chi connectivity index (χ3n) is 0.795. The molecule has 10 heavy (non-hydrogen) atoms. The molecule has 0 saturated carbocycles. The Labute approximate surface area is 75.3 Å². The number of thiophene rings is 1. The maximum atomic E-state index is 10.3. The molecule has 0 fully saturated rings. The predicted molar refractivity (Wildman–Crippen MR) is 46.9 cm³/mol. The average molecular weight is 241 g/mol.